The minimum Gasteiger partial charge on any atom is -0.330 e. The van der Waals surface area contributed by atoms with Gasteiger partial charge in [-0.15, -0.1) is 24.8 Å². The molecule has 4 N–H and O–H groups in total. The predicted octanol–water partition coefficient (Wildman–Crippen LogP) is 4.01. The average molecular weight is 388 g/mol. The number of rotatable bonds is 9. The Morgan fingerprint density at radius 3 is 2.38 bits per heavy atom. The second-order valence-corrected chi connectivity index (χ2v) is 5.32. The maximum absolute atomic E-state index is 12.6. The number of nitrogens with two attached hydrogens (primary N) is 2. The fourth-order valence-electron chi connectivity index (χ4n) is 2.11. The highest BCUT2D eigenvalue weighted by molar-refractivity contribution is 5.85. The summed E-state index contributed by atoms with van der Waals surface area (Å²) in [6, 6.07) is 4.88. The Bertz CT molecular complexity index is 468. The molecule has 8 heteroatoms. The van der Waals surface area contributed by atoms with Crippen molar-refractivity contribution in [3.63, 3.8) is 0 Å². The smallest absolute Gasteiger partial charge is 0.330 e. The number of aliphatic imine (C=N–C) groups is 1. The largest absolute Gasteiger partial charge is 0.416 e. The maximum Gasteiger partial charge on any atom is 0.416 e. The van der Waals surface area contributed by atoms with Crippen LogP contribution in [-0.4, -0.2) is 25.3 Å². The first-order valence-electron chi connectivity index (χ1n) is 7.55. The SMILES string of the molecule is Cl.Cl.NCCCCCCN=CC(N)Cc1cccc(C(F)(F)F)c1. The van der Waals surface area contributed by atoms with Crippen molar-refractivity contribution in [2.45, 2.75) is 44.3 Å². The molecule has 24 heavy (non-hydrogen) atoms. The number of alkyl halides is 3. The van der Waals surface area contributed by atoms with Crippen molar-refractivity contribution in [2.75, 3.05) is 13.1 Å². The minimum atomic E-state index is -4.32. The van der Waals surface area contributed by atoms with E-state index < -0.39 is 11.7 Å². The summed E-state index contributed by atoms with van der Waals surface area (Å²) >= 11 is 0. The fourth-order valence-corrected chi connectivity index (χ4v) is 2.11. The summed E-state index contributed by atoms with van der Waals surface area (Å²) in [5.74, 6) is 0. The molecular weight excluding hydrogens is 362 g/mol. The molecule has 0 fully saturated rings. The second-order valence-electron chi connectivity index (χ2n) is 5.32. The molecule has 1 aromatic carbocycles. The van der Waals surface area contributed by atoms with E-state index in [-0.39, 0.29) is 30.9 Å². The van der Waals surface area contributed by atoms with Crippen molar-refractivity contribution in [3.05, 3.63) is 35.4 Å². The molecule has 140 valence electrons. The van der Waals surface area contributed by atoms with E-state index in [2.05, 4.69) is 4.99 Å². The standard InChI is InChI=1S/C16H24F3N3.2ClH/c17-16(18,19)14-7-5-6-13(10-14)11-15(21)12-22-9-4-2-1-3-8-20;;/h5-7,10,12,15H,1-4,8-9,11,20-21H2;2*1H. The van der Waals surface area contributed by atoms with Gasteiger partial charge >= 0.3 is 6.18 Å². The molecular formula is C16H26Cl2F3N3. The lowest BCUT2D eigenvalue weighted by Crippen LogP contribution is -2.24. The molecule has 0 saturated heterocycles. The van der Waals surface area contributed by atoms with Crippen molar-refractivity contribution in [2.24, 2.45) is 16.5 Å². The summed E-state index contributed by atoms with van der Waals surface area (Å²) in [5.41, 5.74) is 11.2. The molecule has 0 aliphatic heterocycles. The molecule has 0 bridgehead atoms. The van der Waals surface area contributed by atoms with Crippen molar-refractivity contribution < 1.29 is 13.2 Å². The van der Waals surface area contributed by atoms with E-state index in [1.165, 1.54) is 6.07 Å². The molecule has 1 atom stereocenters. The van der Waals surface area contributed by atoms with Crippen LogP contribution in [0.15, 0.2) is 29.3 Å². The molecule has 0 radical (unpaired) electrons. The Kier molecular flexibility index (Phi) is 14.3. The van der Waals surface area contributed by atoms with Crippen LogP contribution in [0.3, 0.4) is 0 Å². The van der Waals surface area contributed by atoms with Crippen LogP contribution in [0.25, 0.3) is 0 Å². The van der Waals surface area contributed by atoms with Gasteiger partial charge in [0.25, 0.3) is 0 Å². The van der Waals surface area contributed by atoms with Gasteiger partial charge in [-0.3, -0.25) is 4.99 Å². The molecule has 0 saturated carbocycles. The lowest BCUT2D eigenvalue weighted by molar-refractivity contribution is -0.137. The first-order chi connectivity index (χ1) is 10.4. The lowest BCUT2D eigenvalue weighted by atomic mass is 10.0. The molecule has 0 heterocycles. The van der Waals surface area contributed by atoms with Gasteiger partial charge in [0.1, 0.15) is 0 Å². The van der Waals surface area contributed by atoms with E-state index in [0.717, 1.165) is 37.8 Å². The van der Waals surface area contributed by atoms with Crippen LogP contribution in [-0.2, 0) is 12.6 Å². The zero-order valence-electron chi connectivity index (χ0n) is 13.5. The van der Waals surface area contributed by atoms with E-state index in [4.69, 9.17) is 11.5 Å². The van der Waals surface area contributed by atoms with Crippen molar-refractivity contribution in [1.29, 1.82) is 0 Å². The van der Waals surface area contributed by atoms with E-state index in [9.17, 15) is 13.2 Å². The predicted molar refractivity (Wildman–Crippen MR) is 98.5 cm³/mol. The van der Waals surface area contributed by atoms with Crippen LogP contribution in [0.5, 0.6) is 0 Å². The number of benzene rings is 1. The number of hydrogen-bond donors (Lipinski definition) is 2. The molecule has 0 amide bonds. The Balaban J connectivity index is 0. The summed E-state index contributed by atoms with van der Waals surface area (Å²) in [7, 11) is 0. The van der Waals surface area contributed by atoms with Crippen molar-refractivity contribution in [1.82, 2.24) is 0 Å². The minimum absolute atomic E-state index is 0. The first kappa shape index (κ1) is 25.4. The Morgan fingerprint density at radius 2 is 1.75 bits per heavy atom. The Morgan fingerprint density at radius 1 is 1.08 bits per heavy atom. The van der Waals surface area contributed by atoms with Crippen molar-refractivity contribution >= 4 is 31.0 Å². The highest BCUT2D eigenvalue weighted by atomic mass is 35.5. The van der Waals surface area contributed by atoms with Crippen LogP contribution in [0.4, 0.5) is 13.2 Å². The van der Waals surface area contributed by atoms with E-state index >= 15 is 0 Å². The van der Waals surface area contributed by atoms with Gasteiger partial charge in [-0.2, -0.15) is 13.2 Å². The molecule has 1 unspecified atom stereocenters. The average Bonchev–Trinajstić information content (AvgIpc) is 2.46. The van der Waals surface area contributed by atoms with Crippen LogP contribution in [0, 0.1) is 0 Å². The van der Waals surface area contributed by atoms with Gasteiger partial charge in [0.05, 0.1) is 5.56 Å². The normalized spacial score (nSPS) is 12.5. The molecule has 0 aromatic heterocycles. The summed E-state index contributed by atoms with van der Waals surface area (Å²) in [6.07, 6.45) is 1.84. The zero-order valence-corrected chi connectivity index (χ0v) is 15.1. The highest BCUT2D eigenvalue weighted by Crippen LogP contribution is 2.29. The van der Waals surface area contributed by atoms with Crippen LogP contribution in [0.1, 0.15) is 36.8 Å². The molecule has 1 rings (SSSR count). The summed E-state index contributed by atoms with van der Waals surface area (Å²) in [5, 5.41) is 0. The number of halogens is 5. The van der Waals surface area contributed by atoms with E-state index in [0.29, 0.717) is 25.1 Å². The third kappa shape index (κ3) is 10.9. The monoisotopic (exact) mass is 387 g/mol. The molecule has 0 aliphatic carbocycles. The summed E-state index contributed by atoms with van der Waals surface area (Å²) < 4.78 is 37.8. The maximum atomic E-state index is 12.6. The zero-order chi connectivity index (χ0) is 16.4. The lowest BCUT2D eigenvalue weighted by Gasteiger charge is -2.10. The van der Waals surface area contributed by atoms with Gasteiger partial charge in [-0.05, 0) is 37.4 Å². The quantitative estimate of drug-likeness (QED) is 0.496. The van der Waals surface area contributed by atoms with Gasteiger partial charge in [-0.25, -0.2) is 0 Å². The van der Waals surface area contributed by atoms with Gasteiger partial charge in [0.15, 0.2) is 0 Å². The van der Waals surface area contributed by atoms with E-state index in [1.807, 2.05) is 0 Å². The molecule has 3 nitrogen and oxygen atoms in total. The topological polar surface area (TPSA) is 64.4 Å². The van der Waals surface area contributed by atoms with Gasteiger partial charge in [-0.1, -0.05) is 31.0 Å². The highest BCUT2D eigenvalue weighted by Gasteiger charge is 2.30. The molecule has 1 aromatic rings. The molecule has 0 spiro atoms. The van der Waals surface area contributed by atoms with Crippen LogP contribution < -0.4 is 11.5 Å². The van der Waals surface area contributed by atoms with Gasteiger partial charge in [0, 0.05) is 18.8 Å². The number of hydrogen-bond acceptors (Lipinski definition) is 3. The van der Waals surface area contributed by atoms with Crippen LogP contribution >= 0.6 is 24.8 Å². The van der Waals surface area contributed by atoms with E-state index in [1.54, 1.807) is 12.3 Å². The Labute approximate surface area is 153 Å². The number of nitrogens with zero attached hydrogens (tertiary/aromatic N) is 1. The van der Waals surface area contributed by atoms with Crippen molar-refractivity contribution in [3.8, 4) is 0 Å². The summed E-state index contributed by atoms with van der Waals surface area (Å²) in [4.78, 5) is 4.23. The third-order valence-corrected chi connectivity index (χ3v) is 3.26. The first-order valence-corrected chi connectivity index (χ1v) is 7.55. The summed E-state index contributed by atoms with van der Waals surface area (Å²) in [6.45, 7) is 1.41. The number of unbranched alkanes of at least 4 members (excludes halogenated alkanes) is 3. The second kappa shape index (κ2) is 13.5. The molecule has 0 aliphatic rings. The van der Waals surface area contributed by atoms with Crippen LogP contribution in [0.2, 0.25) is 0 Å². The Hall–Kier alpha value is -0.820. The fraction of sp³-hybridized carbons (Fsp3) is 0.562. The third-order valence-electron chi connectivity index (χ3n) is 3.26. The van der Waals surface area contributed by atoms with Gasteiger partial charge in [0.2, 0.25) is 0 Å². The van der Waals surface area contributed by atoms with Gasteiger partial charge < -0.3 is 11.5 Å².